The molecule has 1 aromatic heterocycles. The van der Waals surface area contributed by atoms with Crippen LogP contribution in [0.3, 0.4) is 0 Å². The van der Waals surface area contributed by atoms with Crippen LogP contribution in [0.1, 0.15) is 18.9 Å². The number of aromatic amines is 1. The predicted octanol–water partition coefficient (Wildman–Crippen LogP) is 1.78. The molecule has 0 aliphatic heterocycles. The molecule has 1 heterocycles. The first-order chi connectivity index (χ1) is 8.77. The molecule has 0 aliphatic rings. The first-order valence-electron chi connectivity index (χ1n) is 6.27. The van der Waals surface area contributed by atoms with E-state index in [9.17, 15) is 4.79 Å². The van der Waals surface area contributed by atoms with Crippen LogP contribution in [0.2, 0.25) is 0 Å². The monoisotopic (exact) mass is 245 g/mol. The zero-order valence-electron chi connectivity index (χ0n) is 10.6. The van der Waals surface area contributed by atoms with Crippen LogP contribution < -0.4 is 10.6 Å². The highest BCUT2D eigenvalue weighted by atomic mass is 16.1. The van der Waals surface area contributed by atoms with Gasteiger partial charge in [0.25, 0.3) is 0 Å². The summed E-state index contributed by atoms with van der Waals surface area (Å²) >= 11 is 0. The quantitative estimate of drug-likeness (QED) is 0.679. The van der Waals surface area contributed by atoms with Crippen LogP contribution in [0.5, 0.6) is 0 Å². The first kappa shape index (κ1) is 12.6. The van der Waals surface area contributed by atoms with Gasteiger partial charge >= 0.3 is 0 Å². The van der Waals surface area contributed by atoms with Gasteiger partial charge in [0.15, 0.2) is 0 Å². The minimum absolute atomic E-state index is 0.0343. The van der Waals surface area contributed by atoms with Crippen LogP contribution >= 0.6 is 0 Å². The number of hydrogen-bond donors (Lipinski definition) is 3. The summed E-state index contributed by atoms with van der Waals surface area (Å²) in [6.07, 6.45) is 2.91. The highest BCUT2D eigenvalue weighted by Crippen LogP contribution is 2.16. The van der Waals surface area contributed by atoms with Crippen molar-refractivity contribution in [3.05, 3.63) is 36.0 Å². The van der Waals surface area contributed by atoms with E-state index in [1.54, 1.807) is 6.92 Å². The molecule has 1 amide bonds. The zero-order valence-corrected chi connectivity index (χ0v) is 10.6. The van der Waals surface area contributed by atoms with E-state index in [2.05, 4.69) is 39.9 Å². The zero-order chi connectivity index (χ0) is 12.8. The minimum atomic E-state index is 0.0343. The van der Waals surface area contributed by atoms with Gasteiger partial charge in [0.1, 0.15) is 0 Å². The molecule has 4 nitrogen and oxygen atoms in total. The van der Waals surface area contributed by atoms with Crippen molar-refractivity contribution < 1.29 is 4.79 Å². The fourth-order valence-corrected chi connectivity index (χ4v) is 2.01. The summed E-state index contributed by atoms with van der Waals surface area (Å²) in [6, 6.07) is 8.38. The Morgan fingerprint density at radius 1 is 1.28 bits per heavy atom. The van der Waals surface area contributed by atoms with E-state index in [4.69, 9.17) is 0 Å². The highest BCUT2D eigenvalue weighted by molar-refractivity contribution is 5.82. The number of carbonyl (C=O) groups is 1. The Morgan fingerprint density at radius 3 is 3.00 bits per heavy atom. The van der Waals surface area contributed by atoms with E-state index in [0.717, 1.165) is 26.1 Å². The van der Waals surface area contributed by atoms with Gasteiger partial charge in [-0.05, 0) is 30.7 Å². The second-order valence-corrected chi connectivity index (χ2v) is 4.37. The summed E-state index contributed by atoms with van der Waals surface area (Å²) in [5, 5.41) is 7.45. The van der Waals surface area contributed by atoms with Gasteiger partial charge in [0.05, 0.1) is 0 Å². The molecule has 0 radical (unpaired) electrons. The topological polar surface area (TPSA) is 56.9 Å². The van der Waals surface area contributed by atoms with Gasteiger partial charge < -0.3 is 15.6 Å². The van der Waals surface area contributed by atoms with Crippen LogP contribution in [0, 0.1) is 0 Å². The number of H-pyrrole nitrogens is 1. The molecule has 0 spiro atoms. The van der Waals surface area contributed by atoms with Crippen LogP contribution in [0.4, 0.5) is 0 Å². The van der Waals surface area contributed by atoms with Crippen molar-refractivity contribution in [3.63, 3.8) is 0 Å². The molecule has 3 N–H and O–H groups in total. The van der Waals surface area contributed by atoms with E-state index in [1.807, 2.05) is 6.20 Å². The van der Waals surface area contributed by atoms with E-state index >= 15 is 0 Å². The number of nitrogens with one attached hydrogen (secondary N) is 3. The van der Waals surface area contributed by atoms with Crippen LogP contribution in [0.15, 0.2) is 30.5 Å². The van der Waals surface area contributed by atoms with Crippen molar-refractivity contribution in [1.82, 2.24) is 15.6 Å². The molecule has 18 heavy (non-hydrogen) atoms. The molecule has 0 fully saturated rings. The fourth-order valence-electron chi connectivity index (χ4n) is 2.01. The average molecular weight is 245 g/mol. The lowest BCUT2D eigenvalue weighted by molar-refractivity contribution is -0.118. The Morgan fingerprint density at radius 2 is 2.17 bits per heavy atom. The van der Waals surface area contributed by atoms with Crippen LogP contribution in [-0.4, -0.2) is 24.0 Å². The molecule has 0 atom stereocenters. The molecule has 2 rings (SSSR count). The predicted molar refractivity (Wildman–Crippen MR) is 73.3 cm³/mol. The smallest absolute Gasteiger partial charge is 0.216 e. The lowest BCUT2D eigenvalue weighted by Crippen LogP contribution is -2.25. The average Bonchev–Trinajstić information content (AvgIpc) is 2.82. The maximum atomic E-state index is 10.7. The second kappa shape index (κ2) is 6.21. The molecule has 0 aliphatic carbocycles. The molecule has 0 unspecified atom stereocenters. The van der Waals surface area contributed by atoms with Crippen LogP contribution in [-0.2, 0) is 11.3 Å². The fraction of sp³-hybridized carbons (Fsp3) is 0.357. The summed E-state index contributed by atoms with van der Waals surface area (Å²) < 4.78 is 0. The molecule has 0 saturated carbocycles. The Labute approximate surface area is 107 Å². The second-order valence-electron chi connectivity index (χ2n) is 4.37. The third-order valence-electron chi connectivity index (χ3n) is 2.90. The summed E-state index contributed by atoms with van der Waals surface area (Å²) in [7, 11) is 0. The van der Waals surface area contributed by atoms with Gasteiger partial charge in [0, 0.05) is 37.1 Å². The van der Waals surface area contributed by atoms with Gasteiger partial charge in [-0.2, -0.15) is 0 Å². The molecule has 2 aromatic rings. The number of fused-ring (bicyclic) bond motifs is 1. The molecule has 4 heteroatoms. The van der Waals surface area contributed by atoms with E-state index < -0.39 is 0 Å². The normalized spacial score (nSPS) is 10.7. The van der Waals surface area contributed by atoms with Crippen molar-refractivity contribution in [2.24, 2.45) is 0 Å². The van der Waals surface area contributed by atoms with Crippen molar-refractivity contribution in [1.29, 1.82) is 0 Å². The van der Waals surface area contributed by atoms with E-state index in [1.165, 1.54) is 16.5 Å². The van der Waals surface area contributed by atoms with Crippen molar-refractivity contribution >= 4 is 16.8 Å². The number of amides is 1. The summed E-state index contributed by atoms with van der Waals surface area (Å²) in [5.41, 5.74) is 2.47. The Balaban J connectivity index is 1.76. The Bertz CT molecular complexity index is 518. The summed E-state index contributed by atoms with van der Waals surface area (Å²) in [5.74, 6) is 0.0343. The SMILES string of the molecule is CC(=O)NCCCNCc1cccc2[nH]ccc12. The molecular formula is C14H19N3O. The number of carbonyl (C=O) groups excluding carboxylic acids is 1. The Hall–Kier alpha value is -1.81. The number of aromatic nitrogens is 1. The molecule has 0 saturated heterocycles. The molecule has 96 valence electrons. The van der Waals surface area contributed by atoms with Gasteiger partial charge in [-0.3, -0.25) is 4.79 Å². The van der Waals surface area contributed by atoms with E-state index in [0.29, 0.717) is 0 Å². The maximum absolute atomic E-state index is 10.7. The van der Waals surface area contributed by atoms with Crippen molar-refractivity contribution in [2.45, 2.75) is 19.9 Å². The molecule has 0 bridgehead atoms. The van der Waals surface area contributed by atoms with Crippen molar-refractivity contribution in [3.8, 4) is 0 Å². The molecule has 1 aromatic carbocycles. The Kier molecular flexibility index (Phi) is 4.36. The van der Waals surface area contributed by atoms with Gasteiger partial charge in [-0.25, -0.2) is 0 Å². The summed E-state index contributed by atoms with van der Waals surface area (Å²) in [4.78, 5) is 13.9. The number of hydrogen-bond acceptors (Lipinski definition) is 2. The van der Waals surface area contributed by atoms with Gasteiger partial charge in [0.2, 0.25) is 5.91 Å². The van der Waals surface area contributed by atoms with Gasteiger partial charge in [-0.1, -0.05) is 12.1 Å². The third kappa shape index (κ3) is 3.34. The summed E-state index contributed by atoms with van der Waals surface area (Å²) in [6.45, 7) is 4.03. The largest absolute Gasteiger partial charge is 0.361 e. The lowest BCUT2D eigenvalue weighted by Gasteiger charge is -2.06. The van der Waals surface area contributed by atoms with Gasteiger partial charge in [-0.15, -0.1) is 0 Å². The number of rotatable bonds is 6. The third-order valence-corrected chi connectivity index (χ3v) is 2.90. The first-order valence-corrected chi connectivity index (χ1v) is 6.27. The van der Waals surface area contributed by atoms with Crippen molar-refractivity contribution in [2.75, 3.05) is 13.1 Å². The standard InChI is InChI=1S/C14H19N3O/c1-11(18)16-8-3-7-15-10-12-4-2-5-14-13(12)6-9-17-14/h2,4-6,9,15,17H,3,7-8,10H2,1H3,(H,16,18). The van der Waals surface area contributed by atoms with Crippen LogP contribution in [0.25, 0.3) is 10.9 Å². The minimum Gasteiger partial charge on any atom is -0.361 e. The maximum Gasteiger partial charge on any atom is 0.216 e. The lowest BCUT2D eigenvalue weighted by atomic mass is 10.1. The number of benzene rings is 1. The van der Waals surface area contributed by atoms with E-state index in [-0.39, 0.29) is 5.91 Å². The molecular weight excluding hydrogens is 226 g/mol. The highest BCUT2D eigenvalue weighted by Gasteiger charge is 2.00.